The monoisotopic (exact) mass is 308 g/mol. The lowest BCUT2D eigenvalue weighted by atomic mass is 10.1. The van der Waals surface area contributed by atoms with Gasteiger partial charge in [0.15, 0.2) is 0 Å². The zero-order valence-corrected chi connectivity index (χ0v) is 13.1. The van der Waals surface area contributed by atoms with Crippen LogP contribution < -0.4 is 10.5 Å². The average Bonchev–Trinajstić information content (AvgIpc) is 2.87. The van der Waals surface area contributed by atoms with Gasteiger partial charge in [-0.1, -0.05) is 12.1 Å². The van der Waals surface area contributed by atoms with Crippen LogP contribution in [0.2, 0.25) is 0 Å². The van der Waals surface area contributed by atoms with E-state index in [1.54, 1.807) is 35.1 Å². The van der Waals surface area contributed by atoms with Crippen LogP contribution in [0.4, 0.5) is 5.69 Å². The summed E-state index contributed by atoms with van der Waals surface area (Å²) in [5.41, 5.74) is 7.00. The smallest absolute Gasteiger partial charge is 0.262 e. The molecule has 0 amide bonds. The summed E-state index contributed by atoms with van der Waals surface area (Å²) in [7, 11) is -3.64. The van der Waals surface area contributed by atoms with E-state index in [4.69, 9.17) is 5.73 Å². The van der Waals surface area contributed by atoms with E-state index in [2.05, 4.69) is 9.82 Å². The lowest BCUT2D eigenvalue weighted by molar-refractivity contribution is 0.532. The SMILES string of the molecule is CC(N)c1cccc(S(=O)(=O)Nc2cnn(C(C)C)c2)c1. The predicted molar refractivity (Wildman–Crippen MR) is 82.5 cm³/mol. The van der Waals surface area contributed by atoms with Crippen LogP contribution in [0.5, 0.6) is 0 Å². The summed E-state index contributed by atoms with van der Waals surface area (Å²) in [6, 6.07) is 6.57. The van der Waals surface area contributed by atoms with Crippen molar-refractivity contribution in [2.75, 3.05) is 4.72 Å². The van der Waals surface area contributed by atoms with Gasteiger partial charge < -0.3 is 5.73 Å². The van der Waals surface area contributed by atoms with Gasteiger partial charge in [0.25, 0.3) is 10.0 Å². The number of benzene rings is 1. The summed E-state index contributed by atoms with van der Waals surface area (Å²) < 4.78 is 28.9. The number of hydrogen-bond acceptors (Lipinski definition) is 4. The van der Waals surface area contributed by atoms with E-state index in [0.29, 0.717) is 5.69 Å². The molecule has 2 aromatic rings. The van der Waals surface area contributed by atoms with Crippen molar-refractivity contribution in [3.8, 4) is 0 Å². The summed E-state index contributed by atoms with van der Waals surface area (Å²) >= 11 is 0. The number of rotatable bonds is 5. The second-order valence-corrected chi connectivity index (χ2v) is 6.95. The van der Waals surface area contributed by atoms with E-state index in [-0.39, 0.29) is 17.0 Å². The van der Waals surface area contributed by atoms with Crippen LogP contribution in [0.1, 0.15) is 38.4 Å². The minimum atomic E-state index is -3.64. The maximum absolute atomic E-state index is 12.4. The first-order valence-corrected chi connectivity index (χ1v) is 8.20. The van der Waals surface area contributed by atoms with Gasteiger partial charge in [-0.15, -0.1) is 0 Å². The molecule has 0 fully saturated rings. The van der Waals surface area contributed by atoms with E-state index in [9.17, 15) is 8.42 Å². The van der Waals surface area contributed by atoms with Crippen LogP contribution in [0.3, 0.4) is 0 Å². The third kappa shape index (κ3) is 3.62. The van der Waals surface area contributed by atoms with Crippen molar-refractivity contribution in [1.82, 2.24) is 9.78 Å². The Kier molecular flexibility index (Phi) is 4.34. The van der Waals surface area contributed by atoms with Gasteiger partial charge in [0, 0.05) is 18.3 Å². The van der Waals surface area contributed by atoms with Gasteiger partial charge in [0.2, 0.25) is 0 Å². The van der Waals surface area contributed by atoms with E-state index in [0.717, 1.165) is 5.56 Å². The maximum Gasteiger partial charge on any atom is 0.262 e. The largest absolute Gasteiger partial charge is 0.324 e. The Morgan fingerprint density at radius 1 is 1.29 bits per heavy atom. The molecule has 0 radical (unpaired) electrons. The van der Waals surface area contributed by atoms with Gasteiger partial charge in [-0.25, -0.2) is 8.42 Å². The molecule has 0 spiro atoms. The Morgan fingerprint density at radius 3 is 2.57 bits per heavy atom. The topological polar surface area (TPSA) is 90.0 Å². The molecular formula is C14H20N4O2S. The van der Waals surface area contributed by atoms with E-state index in [1.807, 2.05) is 20.8 Å². The molecule has 114 valence electrons. The third-order valence-electron chi connectivity index (χ3n) is 3.08. The predicted octanol–water partition coefficient (Wildman–Crippen LogP) is 2.28. The molecule has 3 N–H and O–H groups in total. The van der Waals surface area contributed by atoms with E-state index in [1.165, 1.54) is 6.20 Å². The molecule has 0 bridgehead atoms. The van der Waals surface area contributed by atoms with Crippen LogP contribution in [-0.4, -0.2) is 18.2 Å². The number of nitrogens with two attached hydrogens (primary N) is 1. The Balaban J connectivity index is 2.27. The molecule has 1 unspecified atom stereocenters. The summed E-state index contributed by atoms with van der Waals surface area (Å²) in [5.74, 6) is 0. The molecule has 0 saturated heterocycles. The van der Waals surface area contributed by atoms with Crippen LogP contribution in [-0.2, 0) is 10.0 Å². The third-order valence-corrected chi connectivity index (χ3v) is 4.46. The van der Waals surface area contributed by atoms with Crippen molar-refractivity contribution in [1.29, 1.82) is 0 Å². The van der Waals surface area contributed by atoms with Crippen molar-refractivity contribution >= 4 is 15.7 Å². The van der Waals surface area contributed by atoms with Gasteiger partial charge in [-0.05, 0) is 38.5 Å². The Labute approximate surface area is 125 Å². The molecule has 21 heavy (non-hydrogen) atoms. The first-order chi connectivity index (χ1) is 9.79. The molecule has 1 heterocycles. The van der Waals surface area contributed by atoms with Gasteiger partial charge in [0.1, 0.15) is 0 Å². The van der Waals surface area contributed by atoms with Crippen LogP contribution in [0, 0.1) is 0 Å². The first-order valence-electron chi connectivity index (χ1n) is 6.72. The molecule has 0 aliphatic carbocycles. The van der Waals surface area contributed by atoms with Crippen molar-refractivity contribution in [3.05, 3.63) is 42.2 Å². The fraction of sp³-hybridized carbons (Fsp3) is 0.357. The van der Waals surface area contributed by atoms with Crippen LogP contribution in [0.15, 0.2) is 41.6 Å². The number of nitrogens with one attached hydrogen (secondary N) is 1. The second-order valence-electron chi connectivity index (χ2n) is 5.27. The quantitative estimate of drug-likeness (QED) is 0.886. The fourth-order valence-electron chi connectivity index (χ4n) is 1.85. The number of anilines is 1. The van der Waals surface area contributed by atoms with Gasteiger partial charge in [-0.2, -0.15) is 5.10 Å². The zero-order chi connectivity index (χ0) is 15.6. The maximum atomic E-state index is 12.4. The van der Waals surface area contributed by atoms with Crippen LogP contribution in [0.25, 0.3) is 0 Å². The minimum Gasteiger partial charge on any atom is -0.324 e. The molecule has 7 heteroatoms. The standard InChI is InChI=1S/C14H20N4O2S/c1-10(2)18-9-13(8-16-18)17-21(19,20)14-6-4-5-12(7-14)11(3)15/h4-11,17H,15H2,1-3H3. The molecule has 6 nitrogen and oxygen atoms in total. The molecule has 1 aromatic carbocycles. The number of sulfonamides is 1. The molecule has 0 aliphatic rings. The minimum absolute atomic E-state index is 0.171. The molecule has 1 aromatic heterocycles. The highest BCUT2D eigenvalue weighted by Gasteiger charge is 2.16. The average molecular weight is 308 g/mol. The summed E-state index contributed by atoms with van der Waals surface area (Å²) in [6.45, 7) is 5.75. The van der Waals surface area contributed by atoms with Gasteiger partial charge in [-0.3, -0.25) is 9.40 Å². The Morgan fingerprint density at radius 2 is 2.00 bits per heavy atom. The summed E-state index contributed by atoms with van der Waals surface area (Å²) in [5, 5.41) is 4.11. The van der Waals surface area contributed by atoms with E-state index >= 15 is 0 Å². The second kappa shape index (κ2) is 5.87. The van der Waals surface area contributed by atoms with Gasteiger partial charge in [0.05, 0.1) is 16.8 Å². The van der Waals surface area contributed by atoms with Crippen molar-refractivity contribution < 1.29 is 8.42 Å². The lowest BCUT2D eigenvalue weighted by Gasteiger charge is -2.10. The Bertz CT molecular complexity index is 720. The van der Waals surface area contributed by atoms with Gasteiger partial charge >= 0.3 is 0 Å². The molecule has 0 saturated carbocycles. The van der Waals surface area contributed by atoms with E-state index < -0.39 is 10.0 Å². The lowest BCUT2D eigenvalue weighted by Crippen LogP contribution is -2.14. The van der Waals surface area contributed by atoms with Crippen molar-refractivity contribution in [2.24, 2.45) is 5.73 Å². The number of nitrogens with zero attached hydrogens (tertiary/aromatic N) is 2. The molecule has 0 aliphatic heterocycles. The summed E-state index contributed by atoms with van der Waals surface area (Å²) in [4.78, 5) is 0.189. The molecular weight excluding hydrogens is 288 g/mol. The number of aromatic nitrogens is 2. The molecule has 2 rings (SSSR count). The highest BCUT2D eigenvalue weighted by Crippen LogP contribution is 2.19. The van der Waals surface area contributed by atoms with Crippen molar-refractivity contribution in [3.63, 3.8) is 0 Å². The van der Waals surface area contributed by atoms with Crippen LogP contribution >= 0.6 is 0 Å². The summed E-state index contributed by atoms with van der Waals surface area (Å²) in [6.07, 6.45) is 3.16. The first kappa shape index (κ1) is 15.5. The highest BCUT2D eigenvalue weighted by atomic mass is 32.2. The molecule has 1 atom stereocenters. The Hall–Kier alpha value is -1.86. The van der Waals surface area contributed by atoms with Crippen molar-refractivity contribution in [2.45, 2.75) is 37.8 Å². The normalized spacial score (nSPS) is 13.4. The fourth-order valence-corrected chi connectivity index (χ4v) is 2.93. The zero-order valence-electron chi connectivity index (χ0n) is 12.3. The number of hydrogen-bond donors (Lipinski definition) is 2. The highest BCUT2D eigenvalue weighted by molar-refractivity contribution is 7.92.